The third kappa shape index (κ3) is 6.98. The first kappa shape index (κ1) is 16.3. The lowest BCUT2D eigenvalue weighted by Gasteiger charge is -2.17. The van der Waals surface area contributed by atoms with Gasteiger partial charge in [-0.3, -0.25) is 9.89 Å². The van der Waals surface area contributed by atoms with Gasteiger partial charge in [0.25, 0.3) is 0 Å². The summed E-state index contributed by atoms with van der Waals surface area (Å²) in [6.07, 6.45) is -4.19. The molecule has 0 spiro atoms. The van der Waals surface area contributed by atoms with Gasteiger partial charge < -0.3 is 11.1 Å². The lowest BCUT2D eigenvalue weighted by atomic mass is 10.2. The molecule has 0 aliphatic carbocycles. The van der Waals surface area contributed by atoms with Gasteiger partial charge in [0.2, 0.25) is 0 Å². The number of hydrogen-bond acceptors (Lipinski definition) is 2. The molecule has 1 aromatic carbocycles. The molecule has 0 saturated heterocycles. The smallest absolute Gasteiger partial charge is 0.370 e. The van der Waals surface area contributed by atoms with Gasteiger partial charge in [0.15, 0.2) is 5.96 Å². The van der Waals surface area contributed by atoms with Crippen molar-refractivity contribution in [2.24, 2.45) is 10.7 Å². The number of anilines is 1. The van der Waals surface area contributed by atoms with Crippen LogP contribution in [0, 0.1) is 6.92 Å². The number of likely N-dealkylation sites (N-methyl/N-ethyl adjacent to an activating group) is 1. The van der Waals surface area contributed by atoms with E-state index in [0.29, 0.717) is 0 Å². The van der Waals surface area contributed by atoms with E-state index in [0.717, 1.165) is 16.2 Å². The van der Waals surface area contributed by atoms with Gasteiger partial charge in [0.1, 0.15) is 0 Å². The summed E-state index contributed by atoms with van der Waals surface area (Å²) >= 11 is 0. The first-order chi connectivity index (χ1) is 9.26. The number of hydrogen-bond donors (Lipinski definition) is 2. The molecule has 0 radical (unpaired) electrons. The Morgan fingerprint density at radius 3 is 2.70 bits per heavy atom. The predicted molar refractivity (Wildman–Crippen MR) is 74.8 cm³/mol. The molecule has 3 N–H and O–H groups in total. The monoisotopic (exact) mass is 288 g/mol. The van der Waals surface area contributed by atoms with Crippen LogP contribution >= 0.6 is 0 Å². The highest BCUT2D eigenvalue weighted by molar-refractivity contribution is 5.92. The van der Waals surface area contributed by atoms with Crippen LogP contribution in [0.1, 0.15) is 5.56 Å². The van der Waals surface area contributed by atoms with Gasteiger partial charge in [-0.1, -0.05) is 12.1 Å². The number of rotatable bonds is 5. The molecule has 0 saturated carbocycles. The van der Waals surface area contributed by atoms with Gasteiger partial charge in [-0.25, -0.2) is 0 Å². The van der Waals surface area contributed by atoms with E-state index in [4.69, 9.17) is 5.73 Å². The molecule has 1 rings (SSSR count). The molecule has 0 atom stereocenters. The zero-order valence-corrected chi connectivity index (χ0v) is 11.5. The van der Waals surface area contributed by atoms with Crippen molar-refractivity contribution in [3.05, 3.63) is 29.8 Å². The first-order valence-electron chi connectivity index (χ1n) is 6.15. The van der Waals surface area contributed by atoms with Crippen LogP contribution < -0.4 is 11.1 Å². The first-order valence-corrected chi connectivity index (χ1v) is 6.15. The van der Waals surface area contributed by atoms with Crippen LogP contribution in [0.2, 0.25) is 0 Å². The molecule has 0 aliphatic heterocycles. The lowest BCUT2D eigenvalue weighted by molar-refractivity contribution is -0.142. The number of aliphatic imine (C=N–C) groups is 1. The highest BCUT2D eigenvalue weighted by Gasteiger charge is 2.28. The second-order valence-electron chi connectivity index (χ2n) is 4.61. The fraction of sp³-hybridized carbons (Fsp3) is 0.462. The number of benzene rings is 1. The molecule has 112 valence electrons. The summed E-state index contributed by atoms with van der Waals surface area (Å²) < 4.78 is 36.3. The van der Waals surface area contributed by atoms with Crippen molar-refractivity contribution in [1.29, 1.82) is 0 Å². The lowest BCUT2D eigenvalue weighted by Crippen LogP contribution is -2.33. The Bertz CT molecular complexity index is 457. The van der Waals surface area contributed by atoms with Crippen LogP contribution in [-0.2, 0) is 0 Å². The number of nitrogens with one attached hydrogen (secondary N) is 1. The Morgan fingerprint density at radius 1 is 1.40 bits per heavy atom. The molecule has 0 heterocycles. The van der Waals surface area contributed by atoms with E-state index < -0.39 is 12.7 Å². The van der Waals surface area contributed by atoms with Gasteiger partial charge in [0.05, 0.1) is 13.1 Å². The average molecular weight is 288 g/mol. The van der Waals surface area contributed by atoms with Crippen LogP contribution in [0.3, 0.4) is 0 Å². The zero-order valence-electron chi connectivity index (χ0n) is 11.5. The van der Waals surface area contributed by atoms with E-state index in [2.05, 4.69) is 10.3 Å². The minimum atomic E-state index is -4.19. The van der Waals surface area contributed by atoms with Crippen molar-refractivity contribution < 1.29 is 13.2 Å². The summed E-state index contributed by atoms with van der Waals surface area (Å²) in [5.41, 5.74) is 7.54. The maximum Gasteiger partial charge on any atom is 0.401 e. The summed E-state index contributed by atoms with van der Waals surface area (Å²) in [5.74, 6) is 0.191. The number of nitrogens with two attached hydrogens (primary N) is 1. The SMILES string of the molecule is Cc1cccc(NC(N)=NCCN(C)CC(F)(F)F)c1. The Hall–Kier alpha value is -1.76. The molecule has 0 bridgehead atoms. The Kier molecular flexibility index (Phi) is 5.82. The fourth-order valence-corrected chi connectivity index (χ4v) is 1.64. The van der Waals surface area contributed by atoms with Crippen LogP contribution in [0.25, 0.3) is 0 Å². The van der Waals surface area contributed by atoms with E-state index in [1.807, 2.05) is 31.2 Å². The molecule has 0 amide bonds. The van der Waals surface area contributed by atoms with Crippen molar-refractivity contribution in [2.45, 2.75) is 13.1 Å². The van der Waals surface area contributed by atoms with Gasteiger partial charge >= 0.3 is 6.18 Å². The van der Waals surface area contributed by atoms with Crippen LogP contribution in [0.5, 0.6) is 0 Å². The second-order valence-corrected chi connectivity index (χ2v) is 4.61. The molecule has 20 heavy (non-hydrogen) atoms. The van der Waals surface area contributed by atoms with Crippen LogP contribution in [-0.4, -0.2) is 43.7 Å². The highest BCUT2D eigenvalue weighted by Crippen LogP contribution is 2.15. The fourth-order valence-electron chi connectivity index (χ4n) is 1.64. The predicted octanol–water partition coefficient (Wildman–Crippen LogP) is 2.22. The summed E-state index contributed by atoms with van der Waals surface area (Å²) in [6.45, 7) is 1.39. The van der Waals surface area contributed by atoms with E-state index in [1.165, 1.54) is 7.05 Å². The van der Waals surface area contributed by atoms with Gasteiger partial charge in [-0.2, -0.15) is 13.2 Å². The largest absolute Gasteiger partial charge is 0.401 e. The number of alkyl halides is 3. The second kappa shape index (κ2) is 7.14. The molecule has 0 aromatic heterocycles. The van der Waals surface area contributed by atoms with Crippen molar-refractivity contribution in [3.63, 3.8) is 0 Å². The molecule has 7 heteroatoms. The maximum atomic E-state index is 12.1. The van der Waals surface area contributed by atoms with Crippen molar-refractivity contribution in [1.82, 2.24) is 4.90 Å². The Labute approximate surface area is 116 Å². The minimum absolute atomic E-state index is 0.190. The molecule has 4 nitrogen and oxygen atoms in total. The number of nitrogens with zero attached hydrogens (tertiary/aromatic N) is 2. The molecule has 1 aromatic rings. The standard InChI is InChI=1S/C13H19F3N4/c1-10-4-3-5-11(8-10)19-12(17)18-6-7-20(2)9-13(14,15)16/h3-5,8H,6-7,9H2,1-2H3,(H3,17,18,19). The molecular formula is C13H19F3N4. The third-order valence-corrected chi connectivity index (χ3v) is 2.50. The molecule has 0 fully saturated rings. The van der Waals surface area contributed by atoms with Gasteiger partial charge in [-0.15, -0.1) is 0 Å². The van der Waals surface area contributed by atoms with E-state index in [9.17, 15) is 13.2 Å². The topological polar surface area (TPSA) is 53.6 Å². The summed E-state index contributed by atoms with van der Waals surface area (Å²) in [4.78, 5) is 5.15. The molecule has 0 unspecified atom stereocenters. The molecular weight excluding hydrogens is 269 g/mol. The zero-order chi connectivity index (χ0) is 15.2. The molecule has 0 aliphatic rings. The third-order valence-electron chi connectivity index (χ3n) is 2.50. The summed E-state index contributed by atoms with van der Waals surface area (Å²) in [5, 5.41) is 2.89. The maximum absolute atomic E-state index is 12.1. The summed E-state index contributed by atoms with van der Waals surface area (Å²) in [6, 6.07) is 7.57. The average Bonchev–Trinajstić information content (AvgIpc) is 2.26. The van der Waals surface area contributed by atoms with Crippen molar-refractivity contribution >= 4 is 11.6 Å². The minimum Gasteiger partial charge on any atom is -0.370 e. The number of guanidine groups is 1. The Balaban J connectivity index is 2.39. The van der Waals surface area contributed by atoms with Crippen LogP contribution in [0.15, 0.2) is 29.3 Å². The van der Waals surface area contributed by atoms with Crippen molar-refractivity contribution in [2.75, 3.05) is 32.0 Å². The number of halogens is 3. The van der Waals surface area contributed by atoms with Gasteiger partial charge in [0, 0.05) is 12.2 Å². The quantitative estimate of drug-likeness (QED) is 0.645. The normalized spacial score (nSPS) is 12.8. The Morgan fingerprint density at radius 2 is 2.10 bits per heavy atom. The van der Waals surface area contributed by atoms with Crippen molar-refractivity contribution in [3.8, 4) is 0 Å². The van der Waals surface area contributed by atoms with E-state index in [-0.39, 0.29) is 19.0 Å². The summed E-state index contributed by atoms with van der Waals surface area (Å²) in [7, 11) is 1.40. The van der Waals surface area contributed by atoms with Crippen LogP contribution in [0.4, 0.5) is 18.9 Å². The van der Waals surface area contributed by atoms with E-state index >= 15 is 0 Å². The van der Waals surface area contributed by atoms with Gasteiger partial charge in [-0.05, 0) is 31.7 Å². The van der Waals surface area contributed by atoms with E-state index in [1.54, 1.807) is 0 Å². The number of aryl methyl sites for hydroxylation is 1. The highest BCUT2D eigenvalue weighted by atomic mass is 19.4.